The molecule has 2 atom stereocenters. The highest BCUT2D eigenvalue weighted by Gasteiger charge is 2.42. The Balaban J connectivity index is 1.82. The molecule has 2 aromatic heterocycles. The Bertz CT molecular complexity index is 1240. The maximum absolute atomic E-state index is 12.4. The summed E-state index contributed by atoms with van der Waals surface area (Å²) in [7, 11) is 0. The van der Waals surface area contributed by atoms with E-state index in [0.29, 0.717) is 5.11 Å². The molecule has 1 aliphatic rings. The van der Waals surface area contributed by atoms with E-state index in [9.17, 15) is 14.7 Å². The average molecular weight is 479 g/mol. The van der Waals surface area contributed by atoms with Gasteiger partial charge in [0.1, 0.15) is 6.54 Å². The van der Waals surface area contributed by atoms with Gasteiger partial charge in [-0.25, -0.2) is 4.79 Å². The second-order valence-corrected chi connectivity index (χ2v) is 8.46. The summed E-state index contributed by atoms with van der Waals surface area (Å²) in [5, 5.41) is 13.2. The Morgan fingerprint density at radius 3 is 2.65 bits per heavy atom. The van der Waals surface area contributed by atoms with E-state index in [0.717, 1.165) is 28.3 Å². The molecule has 2 N–H and O–H groups in total. The summed E-state index contributed by atoms with van der Waals surface area (Å²) in [4.78, 5) is 30.3. The van der Waals surface area contributed by atoms with Crippen LogP contribution in [0.25, 0.3) is 5.69 Å². The second-order valence-electron chi connectivity index (χ2n) is 8.08. The normalized spacial score (nSPS) is 17.5. The molecule has 1 aliphatic heterocycles. The fourth-order valence-corrected chi connectivity index (χ4v) is 4.83. The van der Waals surface area contributed by atoms with Crippen LogP contribution < -0.4 is 5.32 Å². The predicted octanol–water partition coefficient (Wildman–Crippen LogP) is 3.72. The van der Waals surface area contributed by atoms with E-state index in [1.54, 1.807) is 31.3 Å². The van der Waals surface area contributed by atoms with Gasteiger partial charge in [-0.2, -0.15) is 0 Å². The number of nitrogens with one attached hydrogen (secondary N) is 1. The number of carbonyl (C=O) groups excluding carboxylic acids is 1. The van der Waals surface area contributed by atoms with Crippen molar-refractivity contribution >= 4 is 29.3 Å². The topological polar surface area (TPSA) is 96.7 Å². The lowest BCUT2D eigenvalue weighted by molar-refractivity contribution is -0.143. The molecule has 0 saturated carbocycles. The number of esters is 1. The molecular formula is C25H26N4O4S. The zero-order valence-corrected chi connectivity index (χ0v) is 20.0. The summed E-state index contributed by atoms with van der Waals surface area (Å²) in [6, 6.07) is 14.0. The first-order valence-electron chi connectivity index (χ1n) is 11.0. The highest BCUT2D eigenvalue weighted by Crippen LogP contribution is 2.41. The van der Waals surface area contributed by atoms with Crippen LogP contribution in [0.2, 0.25) is 0 Å². The average Bonchev–Trinajstić information content (AvgIpc) is 3.29. The minimum atomic E-state index is -0.981. The number of hydrogen-bond donors (Lipinski definition) is 2. The molecule has 1 aromatic carbocycles. The van der Waals surface area contributed by atoms with E-state index < -0.39 is 5.97 Å². The van der Waals surface area contributed by atoms with Gasteiger partial charge in [0.05, 0.1) is 29.9 Å². The summed E-state index contributed by atoms with van der Waals surface area (Å²) < 4.78 is 7.21. The van der Waals surface area contributed by atoms with Crippen molar-refractivity contribution in [3.05, 3.63) is 82.9 Å². The number of nitrogens with zero attached hydrogens (tertiary/aromatic N) is 3. The predicted molar refractivity (Wildman–Crippen MR) is 131 cm³/mol. The number of thiocarbonyl (C=S) groups is 1. The Labute approximate surface area is 203 Å². The van der Waals surface area contributed by atoms with Crippen LogP contribution in [0.3, 0.4) is 0 Å². The van der Waals surface area contributed by atoms with Crippen molar-refractivity contribution in [2.45, 2.75) is 32.9 Å². The number of carboxylic acids is 1. The number of carbonyl (C=O) groups is 2. The zero-order valence-electron chi connectivity index (χ0n) is 19.2. The van der Waals surface area contributed by atoms with Crippen molar-refractivity contribution < 1.29 is 19.4 Å². The molecule has 8 nitrogen and oxygen atoms in total. The third kappa shape index (κ3) is 4.38. The van der Waals surface area contributed by atoms with Gasteiger partial charge in [-0.05, 0) is 75.0 Å². The van der Waals surface area contributed by atoms with Crippen LogP contribution in [0.1, 0.15) is 52.0 Å². The molecule has 0 amide bonds. The number of aryl methyl sites for hydroxylation is 1. The zero-order chi connectivity index (χ0) is 24.4. The van der Waals surface area contributed by atoms with Crippen molar-refractivity contribution in [3.63, 3.8) is 0 Å². The maximum Gasteiger partial charge on any atom is 0.335 e. The first-order chi connectivity index (χ1) is 16.3. The van der Waals surface area contributed by atoms with Gasteiger partial charge in [-0.15, -0.1) is 0 Å². The summed E-state index contributed by atoms with van der Waals surface area (Å²) in [6.45, 7) is 6.01. The van der Waals surface area contributed by atoms with Crippen LogP contribution in [-0.2, 0) is 9.53 Å². The molecule has 0 unspecified atom stereocenters. The third-order valence-corrected chi connectivity index (χ3v) is 6.30. The second kappa shape index (κ2) is 9.64. The lowest BCUT2D eigenvalue weighted by atomic mass is 9.97. The van der Waals surface area contributed by atoms with E-state index in [1.165, 1.54) is 0 Å². The number of carboxylic acid groups (broad SMARTS) is 1. The van der Waals surface area contributed by atoms with Crippen molar-refractivity contribution in [1.82, 2.24) is 19.8 Å². The summed E-state index contributed by atoms with van der Waals surface area (Å²) in [5.41, 5.74) is 4.59. The van der Waals surface area contributed by atoms with Gasteiger partial charge in [0.15, 0.2) is 5.11 Å². The highest BCUT2D eigenvalue weighted by atomic mass is 32.1. The number of aromatic carboxylic acids is 1. The van der Waals surface area contributed by atoms with E-state index in [2.05, 4.69) is 16.4 Å². The minimum absolute atomic E-state index is 0.00579. The van der Waals surface area contributed by atoms with E-state index >= 15 is 0 Å². The number of hydrogen-bond acceptors (Lipinski definition) is 5. The molecule has 3 heterocycles. The lowest BCUT2D eigenvalue weighted by Crippen LogP contribution is -2.35. The fourth-order valence-electron chi connectivity index (χ4n) is 4.52. The SMILES string of the molecule is CCOC(=O)CN1C(=S)N[C@H](c2ccccn2)[C@@H]1c1cc(C)n(-c2cccc(C(=O)O)c2)c1C. The number of aromatic nitrogens is 2. The van der Waals surface area contributed by atoms with Crippen LogP contribution in [0, 0.1) is 13.8 Å². The largest absolute Gasteiger partial charge is 0.478 e. The molecule has 1 fully saturated rings. The first kappa shape index (κ1) is 23.4. The quantitative estimate of drug-likeness (QED) is 0.392. The van der Waals surface area contributed by atoms with Crippen LogP contribution in [0.5, 0.6) is 0 Å². The minimum Gasteiger partial charge on any atom is -0.478 e. The molecule has 9 heteroatoms. The Kier molecular flexibility index (Phi) is 6.65. The van der Waals surface area contributed by atoms with Gasteiger partial charge in [0, 0.05) is 23.3 Å². The first-order valence-corrected chi connectivity index (χ1v) is 11.4. The van der Waals surface area contributed by atoms with Gasteiger partial charge in [-0.1, -0.05) is 12.1 Å². The molecule has 34 heavy (non-hydrogen) atoms. The highest BCUT2D eigenvalue weighted by molar-refractivity contribution is 7.80. The Morgan fingerprint density at radius 1 is 1.18 bits per heavy atom. The summed E-state index contributed by atoms with van der Waals surface area (Å²) in [5.74, 6) is -1.34. The Hall–Kier alpha value is -3.72. The summed E-state index contributed by atoms with van der Waals surface area (Å²) >= 11 is 5.63. The molecule has 0 radical (unpaired) electrons. The van der Waals surface area contributed by atoms with Crippen LogP contribution >= 0.6 is 12.2 Å². The van der Waals surface area contributed by atoms with Crippen molar-refractivity contribution in [1.29, 1.82) is 0 Å². The van der Waals surface area contributed by atoms with Gasteiger partial charge in [0.25, 0.3) is 0 Å². The lowest BCUT2D eigenvalue weighted by Gasteiger charge is -2.27. The molecule has 0 aliphatic carbocycles. The van der Waals surface area contributed by atoms with Crippen LogP contribution in [-0.4, -0.2) is 49.8 Å². The Morgan fingerprint density at radius 2 is 1.97 bits per heavy atom. The fraction of sp³-hybridized carbons (Fsp3) is 0.280. The van der Waals surface area contributed by atoms with Gasteiger partial charge >= 0.3 is 11.9 Å². The molecule has 1 saturated heterocycles. The number of benzene rings is 1. The van der Waals surface area contributed by atoms with E-state index in [1.807, 2.05) is 47.6 Å². The van der Waals surface area contributed by atoms with E-state index in [4.69, 9.17) is 17.0 Å². The smallest absolute Gasteiger partial charge is 0.335 e. The summed E-state index contributed by atoms with van der Waals surface area (Å²) in [6.07, 6.45) is 1.73. The number of rotatable bonds is 7. The molecular weight excluding hydrogens is 452 g/mol. The van der Waals surface area contributed by atoms with Crippen LogP contribution in [0.15, 0.2) is 54.7 Å². The van der Waals surface area contributed by atoms with E-state index in [-0.39, 0.29) is 36.8 Å². The van der Waals surface area contributed by atoms with Crippen molar-refractivity contribution in [3.8, 4) is 5.69 Å². The van der Waals surface area contributed by atoms with Gasteiger partial charge in [0.2, 0.25) is 0 Å². The molecule has 3 aromatic rings. The standard InChI is InChI=1S/C25H26N4O4S/c1-4-33-21(30)14-28-23(22(27-25(28)34)20-10-5-6-11-26-20)19-12-15(2)29(16(19)3)18-9-7-8-17(13-18)24(31)32/h5-13,22-23H,4,14H2,1-3H3,(H,27,34)(H,31,32)/t22-,23+/m1/s1. The van der Waals surface area contributed by atoms with Crippen molar-refractivity contribution in [2.24, 2.45) is 0 Å². The molecule has 0 bridgehead atoms. The van der Waals surface area contributed by atoms with Gasteiger partial charge in [-0.3, -0.25) is 9.78 Å². The third-order valence-electron chi connectivity index (χ3n) is 5.94. The number of ether oxygens (including phenoxy) is 1. The van der Waals surface area contributed by atoms with Gasteiger partial charge < -0.3 is 24.6 Å². The molecule has 4 rings (SSSR count). The van der Waals surface area contributed by atoms with Crippen LogP contribution in [0.4, 0.5) is 0 Å². The molecule has 176 valence electrons. The number of pyridine rings is 1. The van der Waals surface area contributed by atoms with Crippen molar-refractivity contribution in [2.75, 3.05) is 13.2 Å². The monoisotopic (exact) mass is 478 g/mol. The maximum atomic E-state index is 12.4. The molecule has 0 spiro atoms.